The van der Waals surface area contributed by atoms with Crippen LogP contribution in [0.25, 0.3) is 0 Å². The molecule has 0 aliphatic heterocycles. The third-order valence-electron chi connectivity index (χ3n) is 2.82. The Morgan fingerprint density at radius 2 is 2.10 bits per heavy atom. The summed E-state index contributed by atoms with van der Waals surface area (Å²) in [6.07, 6.45) is -0.00324. The van der Waals surface area contributed by atoms with Crippen LogP contribution in [-0.4, -0.2) is 37.7 Å². The summed E-state index contributed by atoms with van der Waals surface area (Å²) in [4.78, 5) is 32.4. The fourth-order valence-electron chi connectivity index (χ4n) is 1.75. The van der Waals surface area contributed by atoms with Crippen molar-refractivity contribution in [3.63, 3.8) is 0 Å². The van der Waals surface area contributed by atoms with Crippen molar-refractivity contribution in [3.8, 4) is 0 Å². The molecule has 2 N–H and O–H groups in total. The topological polar surface area (TPSA) is 127 Å². The third kappa shape index (κ3) is 3.53. The van der Waals surface area contributed by atoms with Gasteiger partial charge in [0.15, 0.2) is 0 Å². The lowest BCUT2D eigenvalue weighted by atomic mass is 10.3. The lowest BCUT2D eigenvalue weighted by Gasteiger charge is -2.09. The van der Waals surface area contributed by atoms with E-state index in [1.54, 1.807) is 6.92 Å². The van der Waals surface area contributed by atoms with Gasteiger partial charge in [-0.3, -0.25) is 24.4 Å². The predicted molar refractivity (Wildman–Crippen MR) is 68.2 cm³/mol. The molecule has 0 bridgehead atoms. The second kappa shape index (κ2) is 6.13. The average molecular weight is 284 g/mol. The van der Waals surface area contributed by atoms with Gasteiger partial charge in [-0.2, -0.15) is 5.10 Å². The van der Waals surface area contributed by atoms with Gasteiger partial charge < -0.3 is 10.4 Å². The van der Waals surface area contributed by atoms with Crippen molar-refractivity contribution in [2.75, 3.05) is 0 Å². The Morgan fingerprint density at radius 1 is 1.50 bits per heavy atom. The molecule has 0 aliphatic carbocycles. The number of carbonyl (C=O) groups is 2. The minimum Gasteiger partial charge on any atom is -0.480 e. The van der Waals surface area contributed by atoms with Crippen LogP contribution >= 0.6 is 0 Å². The number of aliphatic carboxylic acids is 1. The van der Waals surface area contributed by atoms with Crippen LogP contribution in [0, 0.1) is 24.0 Å². The zero-order valence-electron chi connectivity index (χ0n) is 11.4. The number of nitrogens with zero attached hydrogens (tertiary/aromatic N) is 3. The molecule has 0 spiro atoms. The quantitative estimate of drug-likeness (QED) is 0.574. The minimum atomic E-state index is -1.12. The molecule has 9 nitrogen and oxygen atoms in total. The number of hydrogen-bond acceptors (Lipinski definition) is 5. The van der Waals surface area contributed by atoms with Crippen molar-refractivity contribution >= 4 is 17.6 Å². The average Bonchev–Trinajstić information content (AvgIpc) is 2.61. The van der Waals surface area contributed by atoms with E-state index in [1.165, 1.54) is 18.5 Å². The smallest absolute Gasteiger partial charge is 0.325 e. The van der Waals surface area contributed by atoms with E-state index in [-0.39, 0.29) is 24.3 Å². The highest BCUT2D eigenvalue weighted by Crippen LogP contribution is 2.21. The SMILES string of the molecule is Cc1nn(CCC(=O)N[C@@H](C)C(=O)O)c(C)c1[N+](=O)[O-]. The van der Waals surface area contributed by atoms with Crippen LogP contribution < -0.4 is 5.32 Å². The molecule has 0 aromatic carbocycles. The molecule has 0 saturated carbocycles. The predicted octanol–water partition coefficient (Wildman–Crippen LogP) is 0.388. The molecule has 0 saturated heterocycles. The number of carbonyl (C=O) groups excluding carboxylic acids is 1. The lowest BCUT2D eigenvalue weighted by Crippen LogP contribution is -2.38. The Hall–Kier alpha value is -2.45. The molecule has 0 unspecified atom stereocenters. The fourth-order valence-corrected chi connectivity index (χ4v) is 1.75. The van der Waals surface area contributed by atoms with Gasteiger partial charge in [-0.25, -0.2) is 0 Å². The molecule has 9 heteroatoms. The van der Waals surface area contributed by atoms with Crippen molar-refractivity contribution in [1.82, 2.24) is 15.1 Å². The second-order valence-electron chi connectivity index (χ2n) is 4.38. The van der Waals surface area contributed by atoms with Crippen LogP contribution in [0.3, 0.4) is 0 Å². The summed E-state index contributed by atoms with van der Waals surface area (Å²) >= 11 is 0. The van der Waals surface area contributed by atoms with Crippen LogP contribution in [0.2, 0.25) is 0 Å². The van der Waals surface area contributed by atoms with Crippen LogP contribution in [-0.2, 0) is 16.1 Å². The molecule has 1 aromatic heterocycles. The molecule has 110 valence electrons. The summed E-state index contributed by atoms with van der Waals surface area (Å²) in [5.74, 6) is -1.57. The molecule has 0 radical (unpaired) electrons. The van der Waals surface area contributed by atoms with Crippen molar-refractivity contribution in [2.45, 2.75) is 39.8 Å². The maximum atomic E-state index is 11.5. The monoisotopic (exact) mass is 284 g/mol. The van der Waals surface area contributed by atoms with Gasteiger partial charge >= 0.3 is 11.7 Å². The first kappa shape index (κ1) is 15.6. The van der Waals surface area contributed by atoms with E-state index in [2.05, 4.69) is 10.4 Å². The standard InChI is InChI=1S/C11H16N4O5/c1-6-10(15(19)20)8(3)14(13-6)5-4-9(16)12-7(2)11(17)18/h7H,4-5H2,1-3H3,(H,12,16)(H,17,18)/t7-/m0/s1. The van der Waals surface area contributed by atoms with E-state index in [9.17, 15) is 19.7 Å². The van der Waals surface area contributed by atoms with E-state index < -0.39 is 22.8 Å². The summed E-state index contributed by atoms with van der Waals surface area (Å²) in [5, 5.41) is 25.8. The molecular weight excluding hydrogens is 268 g/mol. The summed E-state index contributed by atoms with van der Waals surface area (Å²) < 4.78 is 1.37. The van der Waals surface area contributed by atoms with Gasteiger partial charge in [0.1, 0.15) is 17.4 Å². The molecule has 1 atom stereocenters. The van der Waals surface area contributed by atoms with Crippen LogP contribution in [0.5, 0.6) is 0 Å². The zero-order chi connectivity index (χ0) is 15.4. The highest BCUT2D eigenvalue weighted by Gasteiger charge is 2.22. The number of amides is 1. The summed E-state index contributed by atoms with van der Waals surface area (Å²) in [6, 6.07) is -0.975. The Labute approximate surface area is 114 Å². The van der Waals surface area contributed by atoms with Crippen molar-refractivity contribution < 1.29 is 19.6 Å². The molecule has 1 rings (SSSR count). The highest BCUT2D eigenvalue weighted by atomic mass is 16.6. The van der Waals surface area contributed by atoms with Crippen LogP contribution in [0.4, 0.5) is 5.69 Å². The molecule has 0 aliphatic rings. The van der Waals surface area contributed by atoms with Crippen molar-refractivity contribution in [2.24, 2.45) is 0 Å². The maximum Gasteiger partial charge on any atom is 0.325 e. The van der Waals surface area contributed by atoms with Gasteiger partial charge in [0.25, 0.3) is 0 Å². The Bertz CT molecular complexity index is 551. The maximum absolute atomic E-state index is 11.5. The Morgan fingerprint density at radius 3 is 2.55 bits per heavy atom. The minimum absolute atomic E-state index is 0.00324. The molecule has 0 fully saturated rings. The zero-order valence-corrected chi connectivity index (χ0v) is 11.4. The number of carboxylic acids is 1. The molecular formula is C11H16N4O5. The fraction of sp³-hybridized carbons (Fsp3) is 0.545. The number of carboxylic acid groups (broad SMARTS) is 1. The highest BCUT2D eigenvalue weighted by molar-refractivity contribution is 5.83. The first-order valence-electron chi connectivity index (χ1n) is 5.94. The molecule has 20 heavy (non-hydrogen) atoms. The molecule has 1 aromatic rings. The van der Waals surface area contributed by atoms with Gasteiger partial charge in [0.2, 0.25) is 5.91 Å². The number of rotatable bonds is 6. The van der Waals surface area contributed by atoms with Crippen molar-refractivity contribution in [1.29, 1.82) is 0 Å². The summed E-state index contributed by atoms with van der Waals surface area (Å²) in [7, 11) is 0. The number of hydrogen-bond donors (Lipinski definition) is 2. The number of aromatic nitrogens is 2. The van der Waals surface area contributed by atoms with Gasteiger partial charge in [-0.05, 0) is 20.8 Å². The molecule has 1 amide bonds. The van der Waals surface area contributed by atoms with Gasteiger partial charge in [-0.1, -0.05) is 0 Å². The number of nitro groups is 1. The largest absolute Gasteiger partial charge is 0.480 e. The third-order valence-corrected chi connectivity index (χ3v) is 2.82. The number of aryl methyl sites for hydroxylation is 2. The number of nitrogens with one attached hydrogen (secondary N) is 1. The van der Waals surface area contributed by atoms with E-state index in [1.807, 2.05) is 0 Å². The first-order valence-corrected chi connectivity index (χ1v) is 5.94. The lowest BCUT2D eigenvalue weighted by molar-refractivity contribution is -0.386. The van der Waals surface area contributed by atoms with Gasteiger partial charge in [-0.15, -0.1) is 0 Å². The van der Waals surface area contributed by atoms with E-state index in [0.29, 0.717) is 5.69 Å². The van der Waals surface area contributed by atoms with Gasteiger partial charge in [0, 0.05) is 6.42 Å². The van der Waals surface area contributed by atoms with Crippen molar-refractivity contribution in [3.05, 3.63) is 21.5 Å². The first-order chi connectivity index (χ1) is 9.23. The van der Waals surface area contributed by atoms with E-state index in [4.69, 9.17) is 5.11 Å². The van der Waals surface area contributed by atoms with Crippen LogP contribution in [0.15, 0.2) is 0 Å². The summed E-state index contributed by atoms with van der Waals surface area (Å²) in [6.45, 7) is 4.58. The van der Waals surface area contributed by atoms with Crippen LogP contribution in [0.1, 0.15) is 24.7 Å². The van der Waals surface area contributed by atoms with E-state index >= 15 is 0 Å². The Balaban J connectivity index is 2.67. The Kier molecular flexibility index (Phi) is 4.78. The van der Waals surface area contributed by atoms with Gasteiger partial charge in [0.05, 0.1) is 11.5 Å². The molecule has 1 heterocycles. The van der Waals surface area contributed by atoms with E-state index in [0.717, 1.165) is 0 Å². The summed E-state index contributed by atoms with van der Waals surface area (Å²) in [5.41, 5.74) is 0.586. The second-order valence-corrected chi connectivity index (χ2v) is 4.38. The normalized spacial score (nSPS) is 11.9.